The van der Waals surface area contributed by atoms with Gasteiger partial charge in [0.25, 0.3) is 0 Å². The normalized spacial score (nSPS) is 16.2. The first-order chi connectivity index (χ1) is 6.11. The van der Waals surface area contributed by atoms with Crippen LogP contribution in [0.2, 0.25) is 0 Å². The lowest BCUT2D eigenvalue weighted by molar-refractivity contribution is 0.102. The van der Waals surface area contributed by atoms with Gasteiger partial charge in [-0.05, 0) is 37.8 Å². The van der Waals surface area contributed by atoms with E-state index in [1.165, 1.54) is 0 Å². The Morgan fingerprint density at radius 3 is 2.69 bits per heavy atom. The van der Waals surface area contributed by atoms with Crippen LogP contribution >= 0.6 is 0 Å². The van der Waals surface area contributed by atoms with Crippen LogP contribution in [0.5, 0.6) is 0 Å². The van der Waals surface area contributed by atoms with Gasteiger partial charge < -0.3 is 4.98 Å². The highest BCUT2D eigenvalue weighted by Gasteiger charge is 2.24. The lowest BCUT2D eigenvalue weighted by Gasteiger charge is -2.12. The van der Waals surface area contributed by atoms with E-state index in [4.69, 9.17) is 0 Å². The average molecular weight is 175 g/mol. The molecule has 2 heteroatoms. The fourth-order valence-corrected chi connectivity index (χ4v) is 1.86. The number of aryl methyl sites for hydroxylation is 2. The van der Waals surface area contributed by atoms with Crippen molar-refractivity contribution in [2.24, 2.45) is 0 Å². The smallest absolute Gasteiger partial charge is 0.190 e. The summed E-state index contributed by atoms with van der Waals surface area (Å²) in [5.41, 5.74) is 4.89. The molecule has 2 rings (SSSR count). The zero-order valence-electron chi connectivity index (χ0n) is 8.03. The molecular formula is C11H13NO. The fourth-order valence-electron chi connectivity index (χ4n) is 1.86. The molecule has 1 aromatic rings. The van der Waals surface area contributed by atoms with Crippen molar-refractivity contribution in [1.29, 1.82) is 0 Å². The van der Waals surface area contributed by atoms with Crippen molar-refractivity contribution in [3.05, 3.63) is 34.7 Å². The molecule has 0 spiro atoms. The molecule has 0 saturated heterocycles. The SMILES string of the molecule is C=C1CCc2[nH]c(C)c(C)c2C1=O. The van der Waals surface area contributed by atoms with Crippen LogP contribution in [0.15, 0.2) is 12.2 Å². The standard InChI is InChI=1S/C11H13NO/c1-6-4-5-9-10(11(6)13)7(2)8(3)12-9/h12H,1,4-5H2,2-3H3. The van der Waals surface area contributed by atoms with Crippen LogP contribution in [0.1, 0.15) is 33.7 Å². The Hall–Kier alpha value is -1.31. The third-order valence-electron chi connectivity index (χ3n) is 2.80. The van der Waals surface area contributed by atoms with E-state index in [-0.39, 0.29) is 5.78 Å². The first-order valence-electron chi connectivity index (χ1n) is 4.51. The number of hydrogen-bond acceptors (Lipinski definition) is 1. The molecule has 0 aromatic carbocycles. The number of Topliss-reactive ketones (excluding diaryl/α,β-unsaturated/α-hetero) is 1. The molecule has 1 aliphatic rings. The molecule has 1 heterocycles. The second-order valence-electron chi connectivity index (χ2n) is 3.66. The highest BCUT2D eigenvalue weighted by Crippen LogP contribution is 2.27. The zero-order chi connectivity index (χ0) is 9.59. The zero-order valence-corrected chi connectivity index (χ0v) is 8.03. The molecule has 0 radical (unpaired) electrons. The Kier molecular flexibility index (Phi) is 1.65. The number of ketones is 1. The second-order valence-corrected chi connectivity index (χ2v) is 3.66. The van der Waals surface area contributed by atoms with Crippen LogP contribution in [-0.4, -0.2) is 10.8 Å². The lowest BCUT2D eigenvalue weighted by Crippen LogP contribution is -2.12. The van der Waals surface area contributed by atoms with E-state index in [0.29, 0.717) is 0 Å². The van der Waals surface area contributed by atoms with Gasteiger partial charge in [-0.2, -0.15) is 0 Å². The van der Waals surface area contributed by atoms with E-state index in [9.17, 15) is 4.79 Å². The maximum atomic E-state index is 11.7. The highest BCUT2D eigenvalue weighted by molar-refractivity contribution is 6.11. The van der Waals surface area contributed by atoms with Crippen molar-refractivity contribution >= 4 is 5.78 Å². The Morgan fingerprint density at radius 2 is 2.00 bits per heavy atom. The molecular weight excluding hydrogens is 162 g/mol. The molecule has 0 saturated carbocycles. The van der Waals surface area contributed by atoms with Crippen LogP contribution in [0, 0.1) is 13.8 Å². The van der Waals surface area contributed by atoms with Gasteiger partial charge in [0, 0.05) is 17.0 Å². The minimum absolute atomic E-state index is 0.128. The van der Waals surface area contributed by atoms with Crippen LogP contribution in [-0.2, 0) is 6.42 Å². The number of rotatable bonds is 0. The van der Waals surface area contributed by atoms with Gasteiger partial charge in [0.1, 0.15) is 0 Å². The average Bonchev–Trinajstić information content (AvgIpc) is 2.37. The summed E-state index contributed by atoms with van der Waals surface area (Å²) in [6.07, 6.45) is 1.72. The van der Waals surface area contributed by atoms with Crippen LogP contribution in [0.25, 0.3) is 0 Å². The molecule has 0 bridgehead atoms. The van der Waals surface area contributed by atoms with Gasteiger partial charge in [-0.3, -0.25) is 4.79 Å². The first-order valence-corrected chi connectivity index (χ1v) is 4.51. The largest absolute Gasteiger partial charge is 0.362 e. The van der Waals surface area contributed by atoms with Crippen LogP contribution in [0.3, 0.4) is 0 Å². The molecule has 1 N–H and O–H groups in total. The molecule has 13 heavy (non-hydrogen) atoms. The van der Waals surface area contributed by atoms with E-state index in [1.54, 1.807) is 0 Å². The molecule has 0 atom stereocenters. The molecule has 0 fully saturated rings. The summed E-state index contributed by atoms with van der Waals surface area (Å²) in [7, 11) is 0. The van der Waals surface area contributed by atoms with Gasteiger partial charge in [-0.25, -0.2) is 0 Å². The molecule has 2 nitrogen and oxygen atoms in total. The Morgan fingerprint density at radius 1 is 1.31 bits per heavy atom. The topological polar surface area (TPSA) is 32.9 Å². The summed E-state index contributed by atoms with van der Waals surface area (Å²) in [5, 5.41) is 0. The molecule has 0 amide bonds. The number of nitrogens with one attached hydrogen (secondary N) is 1. The van der Waals surface area contributed by atoms with Gasteiger partial charge in [-0.15, -0.1) is 0 Å². The highest BCUT2D eigenvalue weighted by atomic mass is 16.1. The number of allylic oxidation sites excluding steroid dienone is 1. The first kappa shape index (κ1) is 8.30. The summed E-state index contributed by atoms with van der Waals surface area (Å²) in [6, 6.07) is 0. The molecule has 68 valence electrons. The number of hydrogen-bond donors (Lipinski definition) is 1. The number of carbonyl (C=O) groups is 1. The minimum Gasteiger partial charge on any atom is -0.362 e. The van der Waals surface area contributed by atoms with Gasteiger partial charge in [-0.1, -0.05) is 6.58 Å². The van der Waals surface area contributed by atoms with Gasteiger partial charge in [0.15, 0.2) is 5.78 Å². The van der Waals surface area contributed by atoms with Gasteiger partial charge in [0.05, 0.1) is 0 Å². The molecule has 0 aliphatic heterocycles. The van der Waals surface area contributed by atoms with Crippen molar-refractivity contribution in [2.75, 3.05) is 0 Å². The Bertz CT molecular complexity index is 398. The number of fused-ring (bicyclic) bond motifs is 1. The maximum Gasteiger partial charge on any atom is 0.190 e. The van der Waals surface area contributed by atoms with Crippen molar-refractivity contribution in [3.63, 3.8) is 0 Å². The molecule has 1 aromatic heterocycles. The van der Waals surface area contributed by atoms with Crippen molar-refractivity contribution < 1.29 is 4.79 Å². The third kappa shape index (κ3) is 1.05. The predicted molar refractivity (Wildman–Crippen MR) is 52.1 cm³/mol. The van der Waals surface area contributed by atoms with Gasteiger partial charge >= 0.3 is 0 Å². The molecule has 1 aliphatic carbocycles. The number of H-pyrrole nitrogens is 1. The van der Waals surface area contributed by atoms with Crippen molar-refractivity contribution in [3.8, 4) is 0 Å². The van der Waals surface area contributed by atoms with Crippen LogP contribution in [0.4, 0.5) is 0 Å². The third-order valence-corrected chi connectivity index (χ3v) is 2.80. The fraction of sp³-hybridized carbons (Fsp3) is 0.364. The maximum absolute atomic E-state index is 11.7. The lowest BCUT2D eigenvalue weighted by atomic mass is 9.90. The summed E-state index contributed by atoms with van der Waals surface area (Å²) in [4.78, 5) is 15.0. The van der Waals surface area contributed by atoms with E-state index in [1.807, 2.05) is 13.8 Å². The Balaban J connectivity index is 2.64. The van der Waals surface area contributed by atoms with Crippen LogP contribution < -0.4 is 0 Å². The summed E-state index contributed by atoms with van der Waals surface area (Å²) in [5.74, 6) is 0.128. The quantitative estimate of drug-likeness (QED) is 0.603. The summed E-state index contributed by atoms with van der Waals surface area (Å²) in [6.45, 7) is 7.77. The minimum atomic E-state index is 0.128. The van der Waals surface area contributed by atoms with E-state index in [2.05, 4.69) is 11.6 Å². The number of aromatic nitrogens is 1. The molecule has 0 unspecified atom stereocenters. The van der Waals surface area contributed by atoms with Crippen molar-refractivity contribution in [1.82, 2.24) is 4.98 Å². The van der Waals surface area contributed by atoms with E-state index in [0.717, 1.165) is 40.9 Å². The predicted octanol–water partition coefficient (Wildman–Crippen LogP) is 2.32. The summed E-state index contributed by atoms with van der Waals surface area (Å²) < 4.78 is 0. The van der Waals surface area contributed by atoms with E-state index < -0.39 is 0 Å². The number of carbonyl (C=O) groups excluding carboxylic acids is 1. The van der Waals surface area contributed by atoms with Gasteiger partial charge in [0.2, 0.25) is 0 Å². The van der Waals surface area contributed by atoms with Crippen molar-refractivity contribution in [2.45, 2.75) is 26.7 Å². The van der Waals surface area contributed by atoms with E-state index >= 15 is 0 Å². The number of aromatic amines is 1. The Labute approximate surface area is 77.7 Å². The monoisotopic (exact) mass is 175 g/mol. The second kappa shape index (κ2) is 2.59. The summed E-state index contributed by atoms with van der Waals surface area (Å²) >= 11 is 0.